The summed E-state index contributed by atoms with van der Waals surface area (Å²) in [5.41, 5.74) is 3.41. The minimum atomic E-state index is 0.366. The molecule has 0 aromatic carbocycles. The van der Waals surface area contributed by atoms with E-state index in [2.05, 4.69) is 45.8 Å². The second-order valence-electron chi connectivity index (χ2n) is 6.19. The molecule has 0 aliphatic rings. The molecule has 0 saturated carbocycles. The van der Waals surface area contributed by atoms with Crippen LogP contribution >= 0.6 is 0 Å². The van der Waals surface area contributed by atoms with Crippen LogP contribution in [0.15, 0.2) is 28.8 Å². The van der Waals surface area contributed by atoms with E-state index in [9.17, 15) is 0 Å². The number of pyridine rings is 2. The van der Waals surface area contributed by atoms with Crippen LogP contribution in [0.1, 0.15) is 32.2 Å². The smallest absolute Gasteiger partial charge is 0.277 e. The van der Waals surface area contributed by atoms with Gasteiger partial charge in [-0.05, 0) is 39.3 Å². The summed E-state index contributed by atoms with van der Waals surface area (Å²) in [5.74, 6) is 2.42. The van der Waals surface area contributed by atoms with E-state index < -0.39 is 0 Å². The molecule has 0 N–H and O–H groups in total. The normalized spacial score (nSPS) is 10.9. The number of aromatic nitrogens is 4. The molecule has 0 unspecified atom stereocenters. The number of methoxy groups -OCH3 is 1. The van der Waals surface area contributed by atoms with Crippen LogP contribution in [0.3, 0.4) is 0 Å². The molecule has 0 aliphatic heterocycles. The highest BCUT2D eigenvalue weighted by molar-refractivity contribution is 5.61. The lowest BCUT2D eigenvalue weighted by Gasteiger charge is -2.20. The topological polar surface area (TPSA) is 77.2 Å². The first-order valence-corrected chi connectivity index (χ1v) is 9.20. The van der Waals surface area contributed by atoms with Gasteiger partial charge >= 0.3 is 0 Å². The zero-order valence-corrected chi connectivity index (χ0v) is 16.5. The van der Waals surface area contributed by atoms with Crippen LogP contribution in [0, 0.1) is 6.92 Å². The van der Waals surface area contributed by atoms with Crippen LogP contribution in [0.25, 0.3) is 23.0 Å². The highest BCUT2D eigenvalue weighted by atomic mass is 16.5. The number of rotatable bonds is 7. The summed E-state index contributed by atoms with van der Waals surface area (Å²) in [7, 11) is 1.64. The van der Waals surface area contributed by atoms with Gasteiger partial charge in [-0.15, -0.1) is 0 Å². The van der Waals surface area contributed by atoms with Crippen molar-refractivity contribution in [1.82, 2.24) is 20.1 Å². The first-order chi connectivity index (χ1) is 13.1. The molecule has 3 heterocycles. The molecule has 0 radical (unpaired) electrons. The molecule has 0 bridgehead atoms. The summed E-state index contributed by atoms with van der Waals surface area (Å²) in [6, 6.07) is 7.66. The van der Waals surface area contributed by atoms with Crippen LogP contribution in [0.5, 0.6) is 5.75 Å². The second-order valence-corrected chi connectivity index (χ2v) is 6.19. The van der Waals surface area contributed by atoms with Gasteiger partial charge in [0.2, 0.25) is 5.82 Å². The number of ether oxygens (including phenoxy) is 1. The van der Waals surface area contributed by atoms with Crippen LogP contribution in [-0.4, -0.2) is 40.3 Å². The Morgan fingerprint density at radius 1 is 1.00 bits per heavy atom. The first kappa shape index (κ1) is 18.8. The van der Waals surface area contributed by atoms with E-state index in [0.29, 0.717) is 23.2 Å². The fourth-order valence-corrected chi connectivity index (χ4v) is 2.92. The molecule has 0 fully saturated rings. The van der Waals surface area contributed by atoms with Gasteiger partial charge in [-0.1, -0.05) is 12.1 Å². The Morgan fingerprint density at radius 2 is 1.78 bits per heavy atom. The summed E-state index contributed by atoms with van der Waals surface area (Å²) in [5, 5.41) is 4.14. The lowest BCUT2D eigenvalue weighted by molar-refractivity contribution is 0.412. The molecule has 27 heavy (non-hydrogen) atoms. The molecule has 7 nitrogen and oxygen atoms in total. The Morgan fingerprint density at radius 3 is 2.44 bits per heavy atom. The molecule has 3 aromatic heterocycles. The molecule has 142 valence electrons. The molecule has 7 heteroatoms. The van der Waals surface area contributed by atoms with Crippen molar-refractivity contribution < 1.29 is 9.26 Å². The van der Waals surface area contributed by atoms with E-state index in [1.54, 1.807) is 13.2 Å². The van der Waals surface area contributed by atoms with Crippen LogP contribution < -0.4 is 9.64 Å². The van der Waals surface area contributed by atoms with Gasteiger partial charge < -0.3 is 14.2 Å². The van der Waals surface area contributed by atoms with Crippen molar-refractivity contribution in [2.24, 2.45) is 0 Å². The largest absolute Gasteiger partial charge is 0.497 e. The van der Waals surface area contributed by atoms with Gasteiger partial charge in [-0.2, -0.15) is 4.98 Å². The van der Waals surface area contributed by atoms with E-state index in [1.807, 2.05) is 25.1 Å². The molecule has 3 rings (SSSR count). The maximum absolute atomic E-state index is 5.50. The van der Waals surface area contributed by atoms with Crippen molar-refractivity contribution in [3.05, 3.63) is 35.7 Å². The van der Waals surface area contributed by atoms with Gasteiger partial charge in [0.15, 0.2) is 0 Å². The van der Waals surface area contributed by atoms with Gasteiger partial charge in [0.05, 0.1) is 7.11 Å². The third kappa shape index (κ3) is 4.07. The lowest BCUT2D eigenvalue weighted by atomic mass is 10.1. The number of nitrogens with zero attached hydrogens (tertiary/aromatic N) is 5. The third-order valence-electron chi connectivity index (χ3n) is 4.38. The Kier molecular flexibility index (Phi) is 5.69. The summed E-state index contributed by atoms with van der Waals surface area (Å²) >= 11 is 0. The number of hydrogen-bond donors (Lipinski definition) is 0. The fraction of sp³-hybridized carbons (Fsp3) is 0.400. The number of anilines is 1. The summed E-state index contributed by atoms with van der Waals surface area (Å²) in [6.45, 7) is 9.91. The predicted molar refractivity (Wildman–Crippen MR) is 105 cm³/mol. The van der Waals surface area contributed by atoms with E-state index >= 15 is 0 Å². The molecular formula is C20H25N5O2. The Balaban J connectivity index is 2.01. The minimum absolute atomic E-state index is 0.366. The van der Waals surface area contributed by atoms with Crippen LogP contribution in [-0.2, 0) is 6.42 Å². The Bertz CT molecular complexity index is 918. The molecule has 0 aliphatic carbocycles. The van der Waals surface area contributed by atoms with Crippen LogP contribution in [0.4, 0.5) is 5.82 Å². The first-order valence-electron chi connectivity index (χ1n) is 9.20. The van der Waals surface area contributed by atoms with Crippen molar-refractivity contribution in [2.75, 3.05) is 25.1 Å². The summed E-state index contributed by atoms with van der Waals surface area (Å²) < 4.78 is 10.9. The number of aryl methyl sites for hydroxylation is 2. The molecule has 0 amide bonds. The van der Waals surface area contributed by atoms with Gasteiger partial charge in [0.1, 0.15) is 17.3 Å². The lowest BCUT2D eigenvalue weighted by Crippen LogP contribution is -2.23. The molecule has 3 aromatic rings. The van der Waals surface area contributed by atoms with E-state index in [4.69, 9.17) is 9.26 Å². The van der Waals surface area contributed by atoms with Crippen molar-refractivity contribution in [1.29, 1.82) is 0 Å². The highest BCUT2D eigenvalue weighted by Crippen LogP contribution is 2.28. The van der Waals surface area contributed by atoms with E-state index in [1.165, 1.54) is 0 Å². The average molecular weight is 367 g/mol. The van der Waals surface area contributed by atoms with E-state index in [-0.39, 0.29) is 0 Å². The monoisotopic (exact) mass is 367 g/mol. The predicted octanol–water partition coefficient (Wildman–Crippen LogP) is 3.92. The van der Waals surface area contributed by atoms with Crippen molar-refractivity contribution in [3.63, 3.8) is 0 Å². The average Bonchev–Trinajstić information content (AvgIpc) is 3.18. The summed E-state index contributed by atoms with van der Waals surface area (Å²) in [4.78, 5) is 15.9. The van der Waals surface area contributed by atoms with Gasteiger partial charge in [0, 0.05) is 42.2 Å². The second kappa shape index (κ2) is 8.16. The zero-order chi connectivity index (χ0) is 19.4. The van der Waals surface area contributed by atoms with E-state index in [0.717, 1.165) is 42.3 Å². The van der Waals surface area contributed by atoms with Crippen LogP contribution in [0.2, 0.25) is 0 Å². The third-order valence-corrected chi connectivity index (χ3v) is 4.38. The van der Waals surface area contributed by atoms with Gasteiger partial charge in [-0.3, -0.25) is 4.98 Å². The Hall–Kier alpha value is -2.96. The molecule has 0 saturated heterocycles. The summed E-state index contributed by atoms with van der Waals surface area (Å²) in [6.07, 6.45) is 0.851. The fourth-order valence-electron chi connectivity index (χ4n) is 2.92. The molecule has 0 atom stereocenters. The maximum Gasteiger partial charge on any atom is 0.277 e. The molecular weight excluding hydrogens is 342 g/mol. The van der Waals surface area contributed by atoms with Gasteiger partial charge in [0.25, 0.3) is 5.89 Å². The maximum atomic E-state index is 5.50. The van der Waals surface area contributed by atoms with Crippen molar-refractivity contribution in [2.45, 2.75) is 34.1 Å². The van der Waals surface area contributed by atoms with Gasteiger partial charge in [-0.25, -0.2) is 4.98 Å². The van der Waals surface area contributed by atoms with Crippen molar-refractivity contribution in [3.8, 4) is 28.7 Å². The Labute approximate surface area is 159 Å². The molecule has 0 spiro atoms. The van der Waals surface area contributed by atoms with Crippen molar-refractivity contribution >= 4 is 5.82 Å². The zero-order valence-electron chi connectivity index (χ0n) is 16.5. The highest BCUT2D eigenvalue weighted by Gasteiger charge is 2.16. The SMILES string of the molecule is CCc1cc(-c2noc(-c3cc(OC)cc(N(CC)CC)n3)n2)cc(C)n1. The standard InChI is InChI=1S/C20H25N5O2/c1-6-15-10-14(9-13(4)21-15)19-23-20(27-24-19)17-11-16(26-5)12-18(22-17)25(7-2)8-3/h9-12H,6-8H2,1-5H3. The number of hydrogen-bond acceptors (Lipinski definition) is 7. The quantitative estimate of drug-likeness (QED) is 0.626. The minimum Gasteiger partial charge on any atom is -0.497 e.